The van der Waals surface area contributed by atoms with Crippen molar-refractivity contribution in [1.82, 2.24) is 29.6 Å². The zero-order valence-corrected chi connectivity index (χ0v) is 26.7. The average Bonchev–Trinajstić information content (AvgIpc) is 3.51. The molecule has 4 heterocycles. The Morgan fingerprint density at radius 3 is 2.59 bits per heavy atom. The van der Waals surface area contributed by atoms with Crippen molar-refractivity contribution in [2.75, 3.05) is 38.2 Å². The maximum atomic E-state index is 6.40. The van der Waals surface area contributed by atoms with Crippen LogP contribution in [0.4, 0.5) is 11.6 Å². The van der Waals surface area contributed by atoms with Crippen molar-refractivity contribution in [3.8, 4) is 22.8 Å². The van der Waals surface area contributed by atoms with Crippen molar-refractivity contribution >= 4 is 29.6 Å². The van der Waals surface area contributed by atoms with Crippen LogP contribution in [0.25, 0.3) is 11.1 Å². The molecule has 2 aliphatic rings. The number of pyridine rings is 1. The number of hydrogen-bond donors (Lipinski definition) is 2. The molecular formula is C33H40ClN9O3. The van der Waals surface area contributed by atoms with E-state index in [2.05, 4.69) is 30.2 Å². The van der Waals surface area contributed by atoms with Crippen LogP contribution < -0.4 is 20.5 Å². The summed E-state index contributed by atoms with van der Waals surface area (Å²) >= 11 is 6.40. The van der Waals surface area contributed by atoms with Gasteiger partial charge in [-0.05, 0) is 62.4 Å². The van der Waals surface area contributed by atoms with Gasteiger partial charge in [-0.1, -0.05) is 23.7 Å². The largest absolute Gasteiger partial charge is 0.487 e. The topological polar surface area (TPSA) is 138 Å². The number of anilines is 2. The molecule has 1 saturated heterocycles. The zero-order chi connectivity index (χ0) is 31.7. The predicted molar refractivity (Wildman–Crippen MR) is 178 cm³/mol. The molecule has 0 spiro atoms. The second kappa shape index (κ2) is 15.4. The Balaban J connectivity index is 1.16. The third-order valence-electron chi connectivity index (χ3n) is 8.34. The number of rotatable bonds is 12. The summed E-state index contributed by atoms with van der Waals surface area (Å²) in [5, 5.41) is 8.72. The minimum atomic E-state index is -0.190. The number of ether oxygens (including phenoxy) is 3. The molecule has 1 atom stereocenters. The van der Waals surface area contributed by atoms with E-state index in [1.165, 1.54) is 6.34 Å². The van der Waals surface area contributed by atoms with E-state index in [0.717, 1.165) is 68.8 Å². The standard InChI is InChI=1S/C33H40ClN9O3/c1-23(17-36-22-35)46-31-16-24(5-10-29(31)34)25-18-38-33(39-19-25)40-30-20-43(41-32(30)45-21-26-4-2-3-11-37-26)28-8-6-27(7-9-28)42-12-14-44-15-13-42/h2-5,10-11,16,18-20,22-23,27-28H,6-9,12-15,17,21H2,1H3,(H2,35,36)(H,38,39,40)/t23-,27?,28?/m0/s1. The number of nitrogens with zero attached hydrogens (tertiary/aromatic N) is 7. The summed E-state index contributed by atoms with van der Waals surface area (Å²) in [6, 6.07) is 12.2. The van der Waals surface area contributed by atoms with Crippen LogP contribution in [0, 0.1) is 0 Å². The Morgan fingerprint density at radius 2 is 1.85 bits per heavy atom. The SMILES string of the molecule is C[C@@H](CN=CN)Oc1cc(-c2cnc(Nc3cn(C4CCC(N5CCOCC5)CC4)nc3OCc3ccccn3)nc2)ccc1Cl. The third-order valence-corrected chi connectivity index (χ3v) is 8.65. The van der Waals surface area contributed by atoms with Crippen LogP contribution in [0.5, 0.6) is 11.6 Å². The van der Waals surface area contributed by atoms with Crippen LogP contribution >= 0.6 is 11.6 Å². The third kappa shape index (κ3) is 8.11. The van der Waals surface area contributed by atoms with Gasteiger partial charge in [-0.2, -0.15) is 0 Å². The van der Waals surface area contributed by atoms with Crippen molar-refractivity contribution in [1.29, 1.82) is 0 Å². The van der Waals surface area contributed by atoms with Gasteiger partial charge in [0.1, 0.15) is 24.1 Å². The van der Waals surface area contributed by atoms with Gasteiger partial charge in [-0.15, -0.1) is 5.10 Å². The molecule has 2 fully saturated rings. The first-order valence-electron chi connectivity index (χ1n) is 15.7. The van der Waals surface area contributed by atoms with E-state index in [1.54, 1.807) is 24.7 Å². The maximum Gasteiger partial charge on any atom is 0.257 e. The fraction of sp³-hybridized carbons (Fsp3) is 0.424. The first-order chi connectivity index (χ1) is 22.6. The number of nitrogens with one attached hydrogen (secondary N) is 1. The van der Waals surface area contributed by atoms with Crippen LogP contribution in [-0.2, 0) is 11.3 Å². The lowest BCUT2D eigenvalue weighted by Crippen LogP contribution is -2.45. The molecule has 1 aliphatic carbocycles. The number of aliphatic imine (C=N–C) groups is 1. The minimum absolute atomic E-state index is 0.190. The lowest BCUT2D eigenvalue weighted by atomic mass is 9.90. The molecule has 13 heteroatoms. The lowest BCUT2D eigenvalue weighted by Gasteiger charge is -2.38. The number of hydrogen-bond acceptors (Lipinski definition) is 10. The molecule has 0 bridgehead atoms. The molecule has 12 nitrogen and oxygen atoms in total. The van der Waals surface area contributed by atoms with E-state index < -0.39 is 0 Å². The van der Waals surface area contributed by atoms with Gasteiger partial charge in [0, 0.05) is 43.3 Å². The van der Waals surface area contributed by atoms with Gasteiger partial charge in [0.25, 0.3) is 5.88 Å². The minimum Gasteiger partial charge on any atom is -0.487 e. The van der Waals surface area contributed by atoms with Crippen molar-refractivity contribution in [2.24, 2.45) is 10.7 Å². The maximum absolute atomic E-state index is 6.40. The fourth-order valence-corrected chi connectivity index (χ4v) is 6.07. The van der Waals surface area contributed by atoms with Gasteiger partial charge >= 0.3 is 0 Å². The molecule has 3 N–H and O–H groups in total. The predicted octanol–water partition coefficient (Wildman–Crippen LogP) is 5.28. The van der Waals surface area contributed by atoms with E-state index in [9.17, 15) is 0 Å². The fourth-order valence-electron chi connectivity index (χ4n) is 5.91. The summed E-state index contributed by atoms with van der Waals surface area (Å²) < 4.78 is 19.8. The van der Waals surface area contributed by atoms with E-state index in [-0.39, 0.29) is 6.10 Å². The van der Waals surface area contributed by atoms with E-state index >= 15 is 0 Å². The van der Waals surface area contributed by atoms with E-state index in [1.807, 2.05) is 48.1 Å². The Bertz CT molecular complexity index is 1570. The first-order valence-corrected chi connectivity index (χ1v) is 16.1. The molecule has 1 aliphatic heterocycles. The summed E-state index contributed by atoms with van der Waals surface area (Å²) in [5.74, 6) is 1.48. The number of morpholine rings is 1. The smallest absolute Gasteiger partial charge is 0.257 e. The van der Waals surface area contributed by atoms with Crippen LogP contribution in [0.1, 0.15) is 44.3 Å². The van der Waals surface area contributed by atoms with Crippen LogP contribution in [0.3, 0.4) is 0 Å². The molecule has 4 aromatic rings. The van der Waals surface area contributed by atoms with Gasteiger partial charge in [0.05, 0.1) is 49.1 Å². The van der Waals surface area contributed by atoms with Gasteiger partial charge < -0.3 is 25.3 Å². The van der Waals surface area contributed by atoms with Crippen molar-refractivity contribution in [3.63, 3.8) is 0 Å². The molecule has 6 rings (SSSR count). The lowest BCUT2D eigenvalue weighted by molar-refractivity contribution is 0.00502. The highest BCUT2D eigenvalue weighted by molar-refractivity contribution is 6.32. The molecular weight excluding hydrogens is 606 g/mol. The number of benzene rings is 1. The highest BCUT2D eigenvalue weighted by Gasteiger charge is 2.29. The highest BCUT2D eigenvalue weighted by atomic mass is 35.5. The molecule has 1 aromatic carbocycles. The summed E-state index contributed by atoms with van der Waals surface area (Å²) in [7, 11) is 0. The van der Waals surface area contributed by atoms with Crippen LogP contribution in [-0.4, -0.2) is 81.0 Å². The second-order valence-electron chi connectivity index (χ2n) is 11.6. The Labute approximate surface area is 274 Å². The van der Waals surface area contributed by atoms with Crippen molar-refractivity contribution in [2.45, 2.75) is 57.4 Å². The van der Waals surface area contributed by atoms with Gasteiger partial charge in [-0.25, -0.2) is 9.97 Å². The molecule has 0 amide bonds. The number of aromatic nitrogens is 5. The zero-order valence-electron chi connectivity index (χ0n) is 26.0. The van der Waals surface area contributed by atoms with Crippen LogP contribution in [0.2, 0.25) is 5.02 Å². The summed E-state index contributed by atoms with van der Waals surface area (Å²) in [6.45, 7) is 6.34. The monoisotopic (exact) mass is 645 g/mol. The quantitative estimate of drug-likeness (QED) is 0.155. The normalized spacial score (nSPS) is 19.6. The van der Waals surface area contributed by atoms with Gasteiger partial charge in [-0.3, -0.25) is 19.6 Å². The first kappa shape index (κ1) is 31.7. The summed E-state index contributed by atoms with van der Waals surface area (Å²) in [4.78, 5) is 20.2. The van der Waals surface area contributed by atoms with E-state index in [4.69, 9.17) is 36.6 Å². The Morgan fingerprint density at radius 1 is 1.07 bits per heavy atom. The molecule has 242 valence electrons. The Kier molecular flexibility index (Phi) is 10.6. The number of halogens is 1. The van der Waals surface area contributed by atoms with Crippen LogP contribution in [0.15, 0.2) is 66.2 Å². The van der Waals surface area contributed by atoms with Crippen molar-refractivity contribution < 1.29 is 14.2 Å². The Hall–Kier alpha value is -4.26. The molecule has 3 aromatic heterocycles. The van der Waals surface area contributed by atoms with Crippen molar-refractivity contribution in [3.05, 3.63) is 71.9 Å². The number of nitrogens with two attached hydrogens (primary N) is 1. The average molecular weight is 646 g/mol. The summed E-state index contributed by atoms with van der Waals surface area (Å²) in [5.41, 5.74) is 8.58. The molecule has 0 unspecified atom stereocenters. The van der Waals surface area contributed by atoms with E-state index in [0.29, 0.717) is 53.5 Å². The molecule has 0 radical (unpaired) electrons. The molecule has 1 saturated carbocycles. The second-order valence-corrected chi connectivity index (χ2v) is 12.0. The molecule has 46 heavy (non-hydrogen) atoms. The van der Waals surface area contributed by atoms with Gasteiger partial charge in [0.2, 0.25) is 5.95 Å². The highest BCUT2D eigenvalue weighted by Crippen LogP contribution is 2.35. The van der Waals surface area contributed by atoms with Gasteiger partial charge in [0.15, 0.2) is 0 Å². The summed E-state index contributed by atoms with van der Waals surface area (Å²) in [6.07, 6.45) is 12.7.